The Labute approximate surface area is 106 Å². The number of hydrogen-bond donors (Lipinski definition) is 1. The Balaban J connectivity index is 2.44. The number of carbonyl (C=O) groups is 1. The van der Waals surface area contributed by atoms with E-state index in [2.05, 4.69) is 5.32 Å². The summed E-state index contributed by atoms with van der Waals surface area (Å²) in [6, 6.07) is 5.15. The standard InChI is InChI=1S/C11H14N2O4S/c1-17-9-3-4-10-8(5-9)6-13(18(2,15)16)7-11(14)12-10/h3-5H,6-7H2,1-2H3,(H,12,14). The van der Waals surface area contributed by atoms with E-state index in [1.807, 2.05) is 0 Å². The van der Waals surface area contributed by atoms with Gasteiger partial charge in [-0.2, -0.15) is 4.31 Å². The number of fused-ring (bicyclic) bond motifs is 1. The Morgan fingerprint density at radius 3 is 2.67 bits per heavy atom. The van der Waals surface area contributed by atoms with Gasteiger partial charge in [0.15, 0.2) is 0 Å². The second-order valence-corrected chi connectivity index (χ2v) is 6.08. The Morgan fingerprint density at radius 1 is 1.33 bits per heavy atom. The van der Waals surface area contributed by atoms with Crippen LogP contribution in [0.1, 0.15) is 5.56 Å². The van der Waals surface area contributed by atoms with Gasteiger partial charge in [-0.1, -0.05) is 0 Å². The number of amides is 1. The van der Waals surface area contributed by atoms with Gasteiger partial charge in [0.25, 0.3) is 0 Å². The molecule has 1 heterocycles. The van der Waals surface area contributed by atoms with Crippen LogP contribution >= 0.6 is 0 Å². The van der Waals surface area contributed by atoms with E-state index in [9.17, 15) is 13.2 Å². The summed E-state index contributed by atoms with van der Waals surface area (Å²) >= 11 is 0. The molecule has 2 rings (SSSR count). The van der Waals surface area contributed by atoms with Crippen molar-refractivity contribution in [3.8, 4) is 5.75 Å². The van der Waals surface area contributed by atoms with Gasteiger partial charge in [0, 0.05) is 12.2 Å². The van der Waals surface area contributed by atoms with Crippen LogP contribution in [0.5, 0.6) is 5.75 Å². The maximum absolute atomic E-state index is 11.6. The SMILES string of the molecule is COc1ccc2c(c1)CN(S(C)(=O)=O)CC(=O)N2. The first kappa shape index (κ1) is 12.8. The largest absolute Gasteiger partial charge is 0.497 e. The van der Waals surface area contributed by atoms with Crippen LogP contribution in [-0.4, -0.2) is 38.5 Å². The monoisotopic (exact) mass is 270 g/mol. The molecule has 18 heavy (non-hydrogen) atoms. The lowest BCUT2D eigenvalue weighted by atomic mass is 10.1. The van der Waals surface area contributed by atoms with Gasteiger partial charge < -0.3 is 10.1 Å². The Bertz CT molecular complexity index is 583. The van der Waals surface area contributed by atoms with E-state index in [0.717, 1.165) is 10.6 Å². The smallest absolute Gasteiger partial charge is 0.239 e. The predicted molar refractivity (Wildman–Crippen MR) is 66.9 cm³/mol. The van der Waals surface area contributed by atoms with Gasteiger partial charge in [-0.25, -0.2) is 8.42 Å². The van der Waals surface area contributed by atoms with Crippen molar-refractivity contribution in [2.75, 3.05) is 25.2 Å². The number of methoxy groups -OCH3 is 1. The van der Waals surface area contributed by atoms with Gasteiger partial charge in [-0.15, -0.1) is 0 Å². The molecule has 1 amide bonds. The van der Waals surface area contributed by atoms with Crippen LogP contribution in [-0.2, 0) is 21.4 Å². The van der Waals surface area contributed by atoms with E-state index >= 15 is 0 Å². The summed E-state index contributed by atoms with van der Waals surface area (Å²) in [5.74, 6) is 0.280. The van der Waals surface area contributed by atoms with Crippen molar-refractivity contribution in [1.82, 2.24) is 4.31 Å². The molecule has 1 N–H and O–H groups in total. The normalized spacial score (nSPS) is 16.7. The molecule has 0 atom stereocenters. The first-order valence-electron chi connectivity index (χ1n) is 5.32. The third kappa shape index (κ3) is 2.62. The maximum atomic E-state index is 11.6. The molecular weight excluding hydrogens is 256 g/mol. The third-order valence-corrected chi connectivity index (χ3v) is 3.92. The van der Waals surface area contributed by atoms with Gasteiger partial charge in [0.2, 0.25) is 15.9 Å². The molecule has 1 aromatic carbocycles. The molecule has 0 spiro atoms. The van der Waals surface area contributed by atoms with Crippen molar-refractivity contribution in [2.45, 2.75) is 6.54 Å². The highest BCUT2D eigenvalue weighted by atomic mass is 32.2. The van der Waals surface area contributed by atoms with Crippen molar-refractivity contribution >= 4 is 21.6 Å². The van der Waals surface area contributed by atoms with Crippen molar-refractivity contribution in [2.24, 2.45) is 0 Å². The second-order valence-electron chi connectivity index (χ2n) is 4.10. The number of hydrogen-bond acceptors (Lipinski definition) is 4. The molecule has 0 saturated carbocycles. The Kier molecular flexibility index (Phi) is 3.27. The van der Waals surface area contributed by atoms with E-state index in [-0.39, 0.29) is 19.0 Å². The van der Waals surface area contributed by atoms with Gasteiger partial charge >= 0.3 is 0 Å². The summed E-state index contributed by atoms with van der Waals surface area (Å²) in [5.41, 5.74) is 1.33. The predicted octanol–water partition coefficient (Wildman–Crippen LogP) is 0.409. The number of sulfonamides is 1. The summed E-state index contributed by atoms with van der Waals surface area (Å²) in [7, 11) is -1.88. The fourth-order valence-electron chi connectivity index (χ4n) is 1.78. The van der Waals surface area contributed by atoms with Gasteiger partial charge in [-0.05, 0) is 23.8 Å². The molecule has 7 heteroatoms. The van der Waals surface area contributed by atoms with E-state index < -0.39 is 10.0 Å². The zero-order valence-electron chi connectivity index (χ0n) is 10.1. The number of anilines is 1. The topological polar surface area (TPSA) is 75.7 Å². The average molecular weight is 270 g/mol. The lowest BCUT2D eigenvalue weighted by molar-refractivity contribution is -0.116. The van der Waals surface area contributed by atoms with E-state index in [0.29, 0.717) is 17.0 Å². The van der Waals surface area contributed by atoms with Crippen molar-refractivity contribution in [1.29, 1.82) is 0 Å². The number of rotatable bonds is 2. The highest BCUT2D eigenvalue weighted by Gasteiger charge is 2.25. The molecule has 0 radical (unpaired) electrons. The fraction of sp³-hybridized carbons (Fsp3) is 0.364. The van der Waals surface area contributed by atoms with Crippen LogP contribution in [0.25, 0.3) is 0 Å². The summed E-state index contributed by atoms with van der Waals surface area (Å²) in [4.78, 5) is 11.6. The molecule has 0 unspecified atom stereocenters. The van der Waals surface area contributed by atoms with Gasteiger partial charge in [0.1, 0.15) is 5.75 Å². The zero-order chi connectivity index (χ0) is 13.3. The summed E-state index contributed by atoms with van der Waals surface area (Å²) < 4.78 is 29.3. The quantitative estimate of drug-likeness (QED) is 0.844. The minimum Gasteiger partial charge on any atom is -0.497 e. The molecule has 1 aliphatic heterocycles. The number of nitrogens with zero attached hydrogens (tertiary/aromatic N) is 1. The number of ether oxygens (including phenoxy) is 1. The zero-order valence-corrected chi connectivity index (χ0v) is 11.0. The number of benzene rings is 1. The van der Waals surface area contributed by atoms with Crippen LogP contribution in [0.3, 0.4) is 0 Å². The highest BCUT2D eigenvalue weighted by Crippen LogP contribution is 2.26. The number of carbonyl (C=O) groups excluding carboxylic acids is 1. The molecule has 1 aromatic rings. The molecule has 0 aromatic heterocycles. The van der Waals surface area contributed by atoms with E-state index in [1.165, 1.54) is 7.11 Å². The second kappa shape index (κ2) is 4.58. The molecule has 0 bridgehead atoms. The molecule has 1 aliphatic rings. The Hall–Kier alpha value is -1.60. The molecule has 6 nitrogen and oxygen atoms in total. The molecule has 0 saturated heterocycles. The van der Waals surface area contributed by atoms with Gasteiger partial charge in [0.05, 0.1) is 19.9 Å². The fourth-order valence-corrected chi connectivity index (χ4v) is 2.51. The first-order valence-corrected chi connectivity index (χ1v) is 7.17. The van der Waals surface area contributed by atoms with E-state index in [4.69, 9.17) is 4.74 Å². The maximum Gasteiger partial charge on any atom is 0.239 e. The Morgan fingerprint density at radius 2 is 2.06 bits per heavy atom. The summed E-state index contributed by atoms with van der Waals surface area (Å²) in [5, 5.41) is 2.68. The molecule has 98 valence electrons. The summed E-state index contributed by atoms with van der Waals surface area (Å²) in [6.07, 6.45) is 1.09. The highest BCUT2D eigenvalue weighted by molar-refractivity contribution is 7.88. The lowest BCUT2D eigenvalue weighted by Crippen LogP contribution is -2.34. The third-order valence-electron chi connectivity index (χ3n) is 2.72. The molecule has 0 fully saturated rings. The first-order chi connectivity index (χ1) is 8.40. The van der Waals surface area contributed by atoms with Gasteiger partial charge in [-0.3, -0.25) is 4.79 Å². The minimum atomic E-state index is -3.41. The van der Waals surface area contributed by atoms with Crippen molar-refractivity contribution in [3.05, 3.63) is 23.8 Å². The van der Waals surface area contributed by atoms with Crippen LogP contribution in [0.15, 0.2) is 18.2 Å². The lowest BCUT2D eigenvalue weighted by Gasteiger charge is -2.16. The number of nitrogens with one attached hydrogen (secondary N) is 1. The van der Waals surface area contributed by atoms with Crippen LogP contribution in [0.2, 0.25) is 0 Å². The van der Waals surface area contributed by atoms with Crippen molar-refractivity contribution in [3.63, 3.8) is 0 Å². The molecule has 0 aliphatic carbocycles. The van der Waals surface area contributed by atoms with Crippen molar-refractivity contribution < 1.29 is 17.9 Å². The van der Waals surface area contributed by atoms with Crippen LogP contribution in [0.4, 0.5) is 5.69 Å². The van der Waals surface area contributed by atoms with E-state index in [1.54, 1.807) is 18.2 Å². The average Bonchev–Trinajstić information content (AvgIpc) is 2.45. The van der Waals surface area contributed by atoms with Crippen LogP contribution in [0, 0.1) is 0 Å². The summed E-state index contributed by atoms with van der Waals surface area (Å²) in [6.45, 7) is -0.0140. The van der Waals surface area contributed by atoms with Crippen LogP contribution < -0.4 is 10.1 Å². The minimum absolute atomic E-state index is 0.157. The molecular formula is C11H14N2O4S.